The average molecular weight is 156 g/mol. The van der Waals surface area contributed by atoms with Gasteiger partial charge in [-0.3, -0.25) is 0 Å². The highest BCUT2D eigenvalue weighted by Gasteiger charge is 1.93. The standard InChI is InChI=1S/C8H10ClN/c1-5(2)8-6(3)10-4-7(8)9/h4,10H,3H2,1-2H3. The second-order valence-corrected chi connectivity index (χ2v) is 2.90. The van der Waals surface area contributed by atoms with Crippen LogP contribution in [0.3, 0.4) is 0 Å². The molecule has 2 heteroatoms. The van der Waals surface area contributed by atoms with Crippen LogP contribution in [0.4, 0.5) is 0 Å². The van der Waals surface area contributed by atoms with E-state index in [4.69, 9.17) is 11.6 Å². The van der Waals surface area contributed by atoms with Crippen molar-refractivity contribution in [1.29, 1.82) is 0 Å². The molecule has 54 valence electrons. The number of aromatic amines is 1. The predicted molar refractivity (Wildman–Crippen MR) is 45.3 cm³/mol. The first-order chi connectivity index (χ1) is 4.63. The van der Waals surface area contributed by atoms with Crippen LogP contribution in [-0.2, 0) is 0 Å². The smallest absolute Gasteiger partial charge is 0.0658 e. The molecule has 1 rings (SSSR count). The normalized spacial score (nSPS) is 9.90. The lowest BCUT2D eigenvalue weighted by atomic mass is 10.3. The Balaban J connectivity index is 3.70. The van der Waals surface area contributed by atoms with Gasteiger partial charge in [0.05, 0.1) is 5.02 Å². The van der Waals surface area contributed by atoms with E-state index in [1.165, 1.54) is 5.57 Å². The SMILES string of the molecule is C=c1[nH]cc(Cl)c1=C(C)C. The van der Waals surface area contributed by atoms with Crippen molar-refractivity contribution in [2.24, 2.45) is 0 Å². The Morgan fingerprint density at radius 2 is 2.20 bits per heavy atom. The van der Waals surface area contributed by atoms with Crippen molar-refractivity contribution in [3.63, 3.8) is 0 Å². The fourth-order valence-corrected chi connectivity index (χ4v) is 1.34. The zero-order valence-electron chi connectivity index (χ0n) is 6.16. The maximum Gasteiger partial charge on any atom is 0.0658 e. The molecule has 0 amide bonds. The van der Waals surface area contributed by atoms with Crippen molar-refractivity contribution in [1.82, 2.24) is 4.98 Å². The second kappa shape index (κ2) is 2.51. The van der Waals surface area contributed by atoms with Gasteiger partial charge < -0.3 is 4.98 Å². The van der Waals surface area contributed by atoms with Gasteiger partial charge in [-0.2, -0.15) is 0 Å². The Morgan fingerprint density at radius 1 is 1.60 bits per heavy atom. The van der Waals surface area contributed by atoms with Crippen molar-refractivity contribution >= 4 is 23.8 Å². The summed E-state index contributed by atoms with van der Waals surface area (Å²) in [5.74, 6) is 0. The van der Waals surface area contributed by atoms with Crippen LogP contribution in [0.5, 0.6) is 0 Å². The molecule has 0 aliphatic carbocycles. The molecular weight excluding hydrogens is 146 g/mol. The minimum Gasteiger partial charge on any atom is -0.360 e. The number of hydrogen-bond donors (Lipinski definition) is 1. The Bertz CT molecular complexity index is 331. The minimum absolute atomic E-state index is 0.755. The first-order valence-corrected chi connectivity index (χ1v) is 3.50. The zero-order valence-corrected chi connectivity index (χ0v) is 6.92. The minimum atomic E-state index is 0.755. The van der Waals surface area contributed by atoms with E-state index < -0.39 is 0 Å². The van der Waals surface area contributed by atoms with Gasteiger partial charge in [-0.25, -0.2) is 0 Å². The summed E-state index contributed by atoms with van der Waals surface area (Å²) >= 11 is 5.85. The molecule has 0 bridgehead atoms. The molecular formula is C8H10ClN. The first kappa shape index (κ1) is 7.42. The highest BCUT2D eigenvalue weighted by Crippen LogP contribution is 1.96. The van der Waals surface area contributed by atoms with Crippen molar-refractivity contribution in [3.05, 3.63) is 21.8 Å². The molecule has 1 aromatic rings. The third-order valence-electron chi connectivity index (χ3n) is 1.41. The fraction of sp³-hybridized carbons (Fsp3) is 0.250. The first-order valence-electron chi connectivity index (χ1n) is 3.12. The third kappa shape index (κ3) is 1.09. The van der Waals surface area contributed by atoms with Crippen molar-refractivity contribution < 1.29 is 0 Å². The summed E-state index contributed by atoms with van der Waals surface area (Å²) in [5.41, 5.74) is 1.19. The molecule has 10 heavy (non-hydrogen) atoms. The van der Waals surface area contributed by atoms with Crippen LogP contribution >= 0.6 is 11.6 Å². The molecule has 0 radical (unpaired) electrons. The van der Waals surface area contributed by atoms with Gasteiger partial charge in [0.25, 0.3) is 0 Å². The molecule has 0 atom stereocenters. The molecule has 0 saturated carbocycles. The monoisotopic (exact) mass is 155 g/mol. The van der Waals surface area contributed by atoms with Gasteiger partial charge in [-0.05, 0) is 13.8 Å². The molecule has 1 nitrogen and oxygen atoms in total. The number of aromatic nitrogens is 1. The largest absolute Gasteiger partial charge is 0.360 e. The lowest BCUT2D eigenvalue weighted by Crippen LogP contribution is -2.22. The fourth-order valence-electron chi connectivity index (χ4n) is 0.980. The van der Waals surface area contributed by atoms with Crippen molar-refractivity contribution in [3.8, 4) is 0 Å². The lowest BCUT2D eigenvalue weighted by Gasteiger charge is -1.84. The average Bonchev–Trinajstić information content (AvgIpc) is 2.11. The maximum atomic E-state index is 5.85. The van der Waals surface area contributed by atoms with E-state index >= 15 is 0 Å². The predicted octanol–water partition coefficient (Wildman–Crippen LogP) is 1.27. The van der Waals surface area contributed by atoms with Gasteiger partial charge in [-0.1, -0.05) is 23.8 Å². The summed E-state index contributed by atoms with van der Waals surface area (Å²) in [6.45, 7) is 7.84. The topological polar surface area (TPSA) is 15.8 Å². The van der Waals surface area contributed by atoms with Gasteiger partial charge >= 0.3 is 0 Å². The van der Waals surface area contributed by atoms with E-state index in [-0.39, 0.29) is 0 Å². The second-order valence-electron chi connectivity index (χ2n) is 2.49. The molecule has 0 aliphatic heterocycles. The van der Waals surface area contributed by atoms with Gasteiger partial charge in [0.15, 0.2) is 0 Å². The number of halogens is 1. The Hall–Kier alpha value is -0.690. The van der Waals surface area contributed by atoms with Crippen LogP contribution in [-0.4, -0.2) is 4.98 Å². The maximum absolute atomic E-state index is 5.85. The van der Waals surface area contributed by atoms with Crippen LogP contribution in [0.1, 0.15) is 13.8 Å². The van der Waals surface area contributed by atoms with Gasteiger partial charge in [-0.15, -0.1) is 0 Å². The van der Waals surface area contributed by atoms with Crippen molar-refractivity contribution in [2.75, 3.05) is 0 Å². The van der Waals surface area contributed by atoms with E-state index in [9.17, 15) is 0 Å². The number of nitrogens with one attached hydrogen (secondary N) is 1. The summed E-state index contributed by atoms with van der Waals surface area (Å²) in [4.78, 5) is 2.95. The van der Waals surface area contributed by atoms with Crippen molar-refractivity contribution in [2.45, 2.75) is 13.8 Å². The molecule has 0 aliphatic rings. The highest BCUT2D eigenvalue weighted by atomic mass is 35.5. The Morgan fingerprint density at radius 3 is 2.40 bits per heavy atom. The van der Waals surface area contributed by atoms with Crippen LogP contribution < -0.4 is 10.6 Å². The summed E-state index contributed by atoms with van der Waals surface area (Å²) in [6.07, 6.45) is 1.76. The summed E-state index contributed by atoms with van der Waals surface area (Å²) in [7, 11) is 0. The highest BCUT2D eigenvalue weighted by molar-refractivity contribution is 6.30. The molecule has 0 saturated heterocycles. The van der Waals surface area contributed by atoms with E-state index in [0.29, 0.717) is 0 Å². The lowest BCUT2D eigenvalue weighted by molar-refractivity contribution is 1.32. The number of hydrogen-bond acceptors (Lipinski definition) is 0. The van der Waals surface area contributed by atoms with E-state index in [0.717, 1.165) is 15.6 Å². The molecule has 0 unspecified atom stereocenters. The summed E-state index contributed by atoms with van der Waals surface area (Å²) < 4.78 is 0. The zero-order chi connectivity index (χ0) is 7.72. The molecule has 0 spiro atoms. The number of rotatable bonds is 0. The van der Waals surface area contributed by atoms with Crippen LogP contribution in [0, 0.1) is 0 Å². The molecule has 0 fully saturated rings. The van der Waals surface area contributed by atoms with Gasteiger partial charge in [0, 0.05) is 16.8 Å². The molecule has 0 aromatic carbocycles. The van der Waals surface area contributed by atoms with Crippen LogP contribution in [0.2, 0.25) is 5.02 Å². The quantitative estimate of drug-likeness (QED) is 0.581. The molecule has 1 aromatic heterocycles. The van der Waals surface area contributed by atoms with Crippen LogP contribution in [0.25, 0.3) is 12.2 Å². The van der Waals surface area contributed by atoms with Crippen LogP contribution in [0.15, 0.2) is 6.20 Å². The summed E-state index contributed by atoms with van der Waals surface area (Å²) in [5, 5.41) is 2.69. The number of H-pyrrole nitrogens is 1. The van der Waals surface area contributed by atoms with E-state index in [2.05, 4.69) is 11.6 Å². The molecule has 1 heterocycles. The summed E-state index contributed by atoms with van der Waals surface area (Å²) in [6, 6.07) is 0. The molecule has 1 N–H and O–H groups in total. The Labute approximate surface area is 65.0 Å². The van der Waals surface area contributed by atoms with Gasteiger partial charge in [0.2, 0.25) is 0 Å². The third-order valence-corrected chi connectivity index (χ3v) is 1.71. The van der Waals surface area contributed by atoms with E-state index in [1.807, 2.05) is 13.8 Å². The van der Waals surface area contributed by atoms with E-state index in [1.54, 1.807) is 6.20 Å². The van der Waals surface area contributed by atoms with Gasteiger partial charge in [0.1, 0.15) is 0 Å². The Kier molecular flexibility index (Phi) is 1.86.